The Morgan fingerprint density at radius 2 is 1.96 bits per heavy atom. The molecule has 0 amide bonds. The number of hydrogen-bond donors (Lipinski definition) is 1. The predicted octanol–water partition coefficient (Wildman–Crippen LogP) is 3.10. The monoisotopic (exact) mass is 328 g/mol. The van der Waals surface area contributed by atoms with E-state index in [1.165, 1.54) is 10.6 Å². The topological polar surface area (TPSA) is 72.2 Å². The second-order valence-electron chi connectivity index (χ2n) is 5.23. The van der Waals surface area contributed by atoms with Crippen molar-refractivity contribution in [3.05, 3.63) is 74.8 Å². The molecular weight excluding hydrogens is 316 g/mol. The molecule has 0 unspecified atom stereocenters. The third-order valence-corrected chi connectivity index (χ3v) is 3.89. The standard InChI is InChI=1S/C17H13ClN2O3/c1-10-13(17(22)23)8-14-15(19-10)6-7-20(16(14)21)9-11-2-4-12(18)5-3-11/h2-8H,9H2,1H3,(H,22,23). The molecule has 0 radical (unpaired) electrons. The van der Waals surface area contributed by atoms with Crippen LogP contribution in [0.4, 0.5) is 0 Å². The van der Waals surface area contributed by atoms with E-state index in [0.29, 0.717) is 28.2 Å². The fourth-order valence-electron chi connectivity index (χ4n) is 2.43. The van der Waals surface area contributed by atoms with Gasteiger partial charge in [-0.2, -0.15) is 0 Å². The quantitative estimate of drug-likeness (QED) is 0.802. The number of hydrogen-bond acceptors (Lipinski definition) is 3. The van der Waals surface area contributed by atoms with Crippen molar-refractivity contribution in [3.63, 3.8) is 0 Å². The summed E-state index contributed by atoms with van der Waals surface area (Å²) in [5.41, 5.74) is 1.57. The maximum absolute atomic E-state index is 12.6. The van der Waals surface area contributed by atoms with Crippen molar-refractivity contribution in [2.45, 2.75) is 13.5 Å². The van der Waals surface area contributed by atoms with Gasteiger partial charge in [0.25, 0.3) is 5.56 Å². The Morgan fingerprint density at radius 3 is 2.61 bits per heavy atom. The minimum absolute atomic E-state index is 0.0406. The first kappa shape index (κ1) is 15.2. The Labute approximate surface area is 136 Å². The summed E-state index contributed by atoms with van der Waals surface area (Å²) in [6.45, 7) is 1.99. The Kier molecular flexibility index (Phi) is 3.88. The van der Waals surface area contributed by atoms with Crippen molar-refractivity contribution in [3.8, 4) is 0 Å². The number of rotatable bonds is 3. The van der Waals surface area contributed by atoms with Crippen LogP contribution in [-0.4, -0.2) is 20.6 Å². The zero-order chi connectivity index (χ0) is 16.6. The Bertz CT molecular complexity index is 962. The Hall–Kier alpha value is -2.66. The van der Waals surface area contributed by atoms with Gasteiger partial charge in [-0.3, -0.25) is 9.78 Å². The van der Waals surface area contributed by atoms with Crippen LogP contribution in [0.5, 0.6) is 0 Å². The zero-order valence-corrected chi connectivity index (χ0v) is 13.0. The van der Waals surface area contributed by atoms with E-state index in [0.717, 1.165) is 5.56 Å². The zero-order valence-electron chi connectivity index (χ0n) is 12.3. The molecule has 3 aromatic rings. The third-order valence-electron chi connectivity index (χ3n) is 3.64. The number of fused-ring (bicyclic) bond motifs is 1. The average molecular weight is 329 g/mol. The molecule has 0 aliphatic heterocycles. The lowest BCUT2D eigenvalue weighted by Crippen LogP contribution is -2.21. The predicted molar refractivity (Wildman–Crippen MR) is 88.3 cm³/mol. The Morgan fingerprint density at radius 1 is 1.26 bits per heavy atom. The Balaban J connectivity index is 2.10. The number of carboxylic acids is 1. The molecule has 1 aromatic carbocycles. The second kappa shape index (κ2) is 5.85. The largest absolute Gasteiger partial charge is 0.478 e. The maximum Gasteiger partial charge on any atom is 0.337 e. The van der Waals surface area contributed by atoms with Crippen LogP contribution in [0, 0.1) is 6.92 Å². The van der Waals surface area contributed by atoms with Crippen LogP contribution in [0.1, 0.15) is 21.6 Å². The van der Waals surface area contributed by atoms with Gasteiger partial charge in [0.2, 0.25) is 0 Å². The number of carbonyl (C=O) groups is 1. The maximum atomic E-state index is 12.6. The summed E-state index contributed by atoms with van der Waals surface area (Å²) in [7, 11) is 0. The van der Waals surface area contributed by atoms with Crippen molar-refractivity contribution >= 4 is 28.5 Å². The van der Waals surface area contributed by atoms with E-state index in [1.54, 1.807) is 31.3 Å². The molecule has 23 heavy (non-hydrogen) atoms. The van der Waals surface area contributed by atoms with Crippen LogP contribution in [0.15, 0.2) is 47.4 Å². The van der Waals surface area contributed by atoms with Gasteiger partial charge >= 0.3 is 5.97 Å². The molecular formula is C17H13ClN2O3. The normalized spacial score (nSPS) is 10.9. The van der Waals surface area contributed by atoms with Gasteiger partial charge in [-0.15, -0.1) is 0 Å². The molecule has 0 aliphatic carbocycles. The first-order chi connectivity index (χ1) is 11.0. The first-order valence-electron chi connectivity index (χ1n) is 6.94. The van der Waals surface area contributed by atoms with Crippen molar-refractivity contribution in [2.24, 2.45) is 0 Å². The van der Waals surface area contributed by atoms with Gasteiger partial charge in [0.05, 0.1) is 28.7 Å². The van der Waals surface area contributed by atoms with E-state index in [4.69, 9.17) is 11.6 Å². The number of aromatic carboxylic acids is 1. The number of aryl methyl sites for hydroxylation is 1. The molecule has 0 saturated carbocycles. The molecule has 0 spiro atoms. The van der Waals surface area contributed by atoms with Crippen LogP contribution < -0.4 is 5.56 Å². The van der Waals surface area contributed by atoms with Crippen molar-refractivity contribution in [1.82, 2.24) is 9.55 Å². The van der Waals surface area contributed by atoms with Crippen molar-refractivity contribution in [1.29, 1.82) is 0 Å². The average Bonchev–Trinajstić information content (AvgIpc) is 2.51. The van der Waals surface area contributed by atoms with Crippen LogP contribution in [0.3, 0.4) is 0 Å². The number of halogens is 1. The van der Waals surface area contributed by atoms with Crippen molar-refractivity contribution < 1.29 is 9.90 Å². The number of nitrogens with zero attached hydrogens (tertiary/aromatic N) is 2. The lowest BCUT2D eigenvalue weighted by Gasteiger charge is -2.09. The third kappa shape index (κ3) is 2.96. The summed E-state index contributed by atoms with van der Waals surface area (Å²) in [5, 5.41) is 10.1. The summed E-state index contributed by atoms with van der Waals surface area (Å²) < 4.78 is 1.52. The van der Waals surface area contributed by atoms with E-state index >= 15 is 0 Å². The number of carboxylic acid groups (broad SMARTS) is 1. The molecule has 0 bridgehead atoms. The van der Waals surface area contributed by atoms with Gasteiger partial charge < -0.3 is 9.67 Å². The van der Waals surface area contributed by atoms with Gasteiger partial charge in [0, 0.05) is 11.2 Å². The summed E-state index contributed by atoms with van der Waals surface area (Å²) in [4.78, 5) is 28.0. The number of benzene rings is 1. The molecule has 5 nitrogen and oxygen atoms in total. The van der Waals surface area contributed by atoms with E-state index in [9.17, 15) is 14.7 Å². The number of pyridine rings is 2. The van der Waals surface area contributed by atoms with Crippen LogP contribution in [-0.2, 0) is 6.54 Å². The molecule has 0 fully saturated rings. The van der Waals surface area contributed by atoms with Crippen LogP contribution in [0.2, 0.25) is 5.02 Å². The molecule has 0 atom stereocenters. The summed E-state index contributed by atoms with van der Waals surface area (Å²) in [6, 6.07) is 10.3. The van der Waals surface area contributed by atoms with E-state index in [-0.39, 0.29) is 11.1 Å². The minimum atomic E-state index is -1.09. The highest BCUT2D eigenvalue weighted by molar-refractivity contribution is 6.30. The van der Waals surface area contributed by atoms with E-state index in [1.807, 2.05) is 12.1 Å². The highest BCUT2D eigenvalue weighted by Gasteiger charge is 2.13. The fraction of sp³-hybridized carbons (Fsp3) is 0.118. The molecule has 3 rings (SSSR count). The minimum Gasteiger partial charge on any atom is -0.478 e. The van der Waals surface area contributed by atoms with Crippen molar-refractivity contribution in [2.75, 3.05) is 0 Å². The molecule has 0 aliphatic rings. The molecule has 0 saturated heterocycles. The number of aromatic nitrogens is 2. The highest BCUT2D eigenvalue weighted by Crippen LogP contribution is 2.15. The lowest BCUT2D eigenvalue weighted by atomic mass is 10.1. The molecule has 1 N–H and O–H groups in total. The molecule has 2 heterocycles. The summed E-state index contributed by atoms with van der Waals surface area (Å²) in [6.07, 6.45) is 1.66. The van der Waals surface area contributed by atoms with Crippen LogP contribution >= 0.6 is 11.6 Å². The SMILES string of the molecule is Cc1nc2ccn(Cc3ccc(Cl)cc3)c(=O)c2cc1C(=O)O. The smallest absolute Gasteiger partial charge is 0.337 e. The molecule has 2 aromatic heterocycles. The second-order valence-corrected chi connectivity index (χ2v) is 5.67. The van der Waals surface area contributed by atoms with E-state index in [2.05, 4.69) is 4.98 Å². The highest BCUT2D eigenvalue weighted by atomic mass is 35.5. The molecule has 6 heteroatoms. The molecule has 116 valence electrons. The van der Waals surface area contributed by atoms with Gasteiger partial charge in [-0.25, -0.2) is 4.79 Å². The first-order valence-corrected chi connectivity index (χ1v) is 7.32. The van der Waals surface area contributed by atoms with E-state index < -0.39 is 5.97 Å². The van der Waals surface area contributed by atoms with Gasteiger partial charge in [0.15, 0.2) is 0 Å². The van der Waals surface area contributed by atoms with Gasteiger partial charge in [-0.1, -0.05) is 23.7 Å². The van der Waals surface area contributed by atoms with Gasteiger partial charge in [-0.05, 0) is 36.8 Å². The lowest BCUT2D eigenvalue weighted by molar-refractivity contribution is 0.0696. The van der Waals surface area contributed by atoms with Crippen LogP contribution in [0.25, 0.3) is 10.9 Å². The fourth-order valence-corrected chi connectivity index (χ4v) is 2.56. The summed E-state index contributed by atoms with van der Waals surface area (Å²) >= 11 is 5.85. The van der Waals surface area contributed by atoms with Gasteiger partial charge in [0.1, 0.15) is 0 Å². The summed E-state index contributed by atoms with van der Waals surface area (Å²) in [5.74, 6) is -1.09.